The number of nitrogens with zero attached hydrogens (tertiary/aromatic N) is 1. The van der Waals surface area contributed by atoms with Crippen LogP contribution in [-0.4, -0.2) is 27.7 Å². The molecule has 0 aromatic carbocycles. The maximum Gasteiger partial charge on any atom is 0.255 e. The van der Waals surface area contributed by atoms with Crippen molar-refractivity contribution in [3.63, 3.8) is 0 Å². The van der Waals surface area contributed by atoms with Crippen molar-refractivity contribution in [1.82, 2.24) is 10.3 Å². The molecule has 5 nitrogen and oxygen atoms in total. The Kier molecular flexibility index (Phi) is 5.22. The number of amides is 1. The summed E-state index contributed by atoms with van der Waals surface area (Å²) >= 11 is 1.50. The van der Waals surface area contributed by atoms with Crippen molar-refractivity contribution >= 4 is 17.7 Å². The highest BCUT2D eigenvalue weighted by molar-refractivity contribution is 7.99. The molecule has 0 aliphatic heterocycles. The molecule has 18 heavy (non-hydrogen) atoms. The standard InChI is InChI=1S/C12H21N3O2S/c1-8(2)15-12(4,10(13)16)7-9(3)18-11-14-5-6-17-11/h5-6,8-9,15H,7H2,1-4H3,(H2,13,16). The number of primary amides is 1. The number of rotatable bonds is 7. The molecule has 0 aliphatic rings. The van der Waals surface area contributed by atoms with E-state index in [-0.39, 0.29) is 17.2 Å². The Morgan fingerprint density at radius 1 is 1.61 bits per heavy atom. The lowest BCUT2D eigenvalue weighted by atomic mass is 9.94. The molecule has 1 aromatic rings. The molecule has 2 unspecified atom stereocenters. The number of nitrogens with one attached hydrogen (secondary N) is 1. The van der Waals surface area contributed by atoms with E-state index in [0.29, 0.717) is 11.6 Å². The number of carbonyl (C=O) groups excluding carboxylic acids is 1. The summed E-state index contributed by atoms with van der Waals surface area (Å²) < 4.78 is 5.18. The fourth-order valence-corrected chi connectivity index (χ4v) is 2.92. The third-order valence-corrected chi connectivity index (χ3v) is 3.53. The summed E-state index contributed by atoms with van der Waals surface area (Å²) in [4.78, 5) is 15.7. The Morgan fingerprint density at radius 3 is 2.72 bits per heavy atom. The fraction of sp³-hybridized carbons (Fsp3) is 0.667. The van der Waals surface area contributed by atoms with E-state index in [1.807, 2.05) is 27.7 Å². The highest BCUT2D eigenvalue weighted by atomic mass is 32.2. The Bertz CT molecular complexity index is 381. The van der Waals surface area contributed by atoms with Gasteiger partial charge in [-0.15, -0.1) is 0 Å². The summed E-state index contributed by atoms with van der Waals surface area (Å²) in [6.07, 6.45) is 3.76. The molecule has 1 heterocycles. The SMILES string of the molecule is CC(C)NC(C)(CC(C)Sc1ncco1)C(N)=O. The Morgan fingerprint density at radius 2 is 2.28 bits per heavy atom. The highest BCUT2D eigenvalue weighted by Crippen LogP contribution is 2.27. The molecule has 0 fully saturated rings. The highest BCUT2D eigenvalue weighted by Gasteiger charge is 2.33. The summed E-state index contributed by atoms with van der Waals surface area (Å²) in [5.74, 6) is -0.337. The monoisotopic (exact) mass is 271 g/mol. The van der Waals surface area contributed by atoms with Gasteiger partial charge < -0.3 is 15.5 Å². The second-order valence-electron chi connectivity index (χ2n) is 4.93. The van der Waals surface area contributed by atoms with Gasteiger partial charge in [0, 0.05) is 11.3 Å². The fourth-order valence-electron chi connectivity index (χ4n) is 1.93. The summed E-state index contributed by atoms with van der Waals surface area (Å²) in [5, 5.41) is 4.01. The van der Waals surface area contributed by atoms with E-state index in [0.717, 1.165) is 0 Å². The van der Waals surface area contributed by atoms with Gasteiger partial charge in [0.1, 0.15) is 6.26 Å². The van der Waals surface area contributed by atoms with Gasteiger partial charge >= 0.3 is 0 Å². The van der Waals surface area contributed by atoms with Crippen LogP contribution in [0.3, 0.4) is 0 Å². The van der Waals surface area contributed by atoms with Crippen molar-refractivity contribution in [1.29, 1.82) is 0 Å². The summed E-state index contributed by atoms with van der Waals surface area (Å²) in [6.45, 7) is 7.85. The van der Waals surface area contributed by atoms with Gasteiger partial charge in [0.2, 0.25) is 5.91 Å². The van der Waals surface area contributed by atoms with E-state index in [2.05, 4.69) is 10.3 Å². The van der Waals surface area contributed by atoms with Crippen molar-refractivity contribution in [3.05, 3.63) is 12.5 Å². The molecule has 1 rings (SSSR count). The molecule has 0 spiro atoms. The van der Waals surface area contributed by atoms with Crippen LogP contribution in [0.1, 0.15) is 34.1 Å². The number of oxazole rings is 1. The maximum atomic E-state index is 11.6. The molecule has 102 valence electrons. The van der Waals surface area contributed by atoms with Crippen LogP contribution in [0.2, 0.25) is 0 Å². The van der Waals surface area contributed by atoms with E-state index in [1.165, 1.54) is 18.0 Å². The van der Waals surface area contributed by atoms with Crippen LogP contribution in [-0.2, 0) is 4.79 Å². The van der Waals surface area contributed by atoms with Gasteiger partial charge in [-0.25, -0.2) is 4.98 Å². The van der Waals surface area contributed by atoms with Crippen LogP contribution >= 0.6 is 11.8 Å². The topological polar surface area (TPSA) is 81.2 Å². The number of thioether (sulfide) groups is 1. The molecular weight excluding hydrogens is 250 g/mol. The first kappa shape index (κ1) is 15.0. The molecule has 0 aliphatic carbocycles. The second-order valence-corrected chi connectivity index (χ2v) is 6.32. The van der Waals surface area contributed by atoms with E-state index >= 15 is 0 Å². The summed E-state index contributed by atoms with van der Waals surface area (Å²) in [5.41, 5.74) is 4.78. The van der Waals surface area contributed by atoms with E-state index in [1.54, 1.807) is 6.20 Å². The molecule has 0 bridgehead atoms. The van der Waals surface area contributed by atoms with Gasteiger partial charge in [0.25, 0.3) is 5.22 Å². The lowest BCUT2D eigenvalue weighted by Gasteiger charge is -2.31. The van der Waals surface area contributed by atoms with Gasteiger partial charge in [-0.2, -0.15) is 0 Å². The van der Waals surface area contributed by atoms with Crippen LogP contribution in [0.15, 0.2) is 22.1 Å². The van der Waals surface area contributed by atoms with Crippen LogP contribution in [0.5, 0.6) is 0 Å². The number of hydrogen-bond donors (Lipinski definition) is 2. The minimum absolute atomic E-state index is 0.174. The third kappa shape index (κ3) is 4.34. The normalized spacial score (nSPS) is 16.5. The zero-order valence-corrected chi connectivity index (χ0v) is 12.1. The molecule has 0 radical (unpaired) electrons. The Labute approximate surface area is 112 Å². The molecule has 0 saturated carbocycles. The van der Waals surface area contributed by atoms with Crippen LogP contribution < -0.4 is 11.1 Å². The average Bonchev–Trinajstić information content (AvgIpc) is 2.68. The summed E-state index contributed by atoms with van der Waals surface area (Å²) in [7, 11) is 0. The number of hydrogen-bond acceptors (Lipinski definition) is 5. The van der Waals surface area contributed by atoms with Crippen LogP contribution in [0, 0.1) is 0 Å². The van der Waals surface area contributed by atoms with Crippen molar-refractivity contribution in [3.8, 4) is 0 Å². The maximum absolute atomic E-state index is 11.6. The zero-order chi connectivity index (χ0) is 13.8. The van der Waals surface area contributed by atoms with Gasteiger partial charge in [-0.3, -0.25) is 4.79 Å². The molecular formula is C12H21N3O2S. The molecule has 1 amide bonds. The molecule has 0 saturated heterocycles. The largest absolute Gasteiger partial charge is 0.440 e. The first-order valence-electron chi connectivity index (χ1n) is 5.97. The second kappa shape index (κ2) is 6.24. The Hall–Kier alpha value is -1.01. The van der Waals surface area contributed by atoms with Crippen molar-refractivity contribution < 1.29 is 9.21 Å². The van der Waals surface area contributed by atoms with Gasteiger partial charge in [-0.1, -0.05) is 18.7 Å². The quantitative estimate of drug-likeness (QED) is 0.739. The Balaban J connectivity index is 2.63. The minimum Gasteiger partial charge on any atom is -0.440 e. The zero-order valence-electron chi connectivity index (χ0n) is 11.3. The summed E-state index contributed by atoms with van der Waals surface area (Å²) in [6, 6.07) is 0.196. The van der Waals surface area contributed by atoms with Gasteiger partial charge in [-0.05, 0) is 27.2 Å². The van der Waals surface area contributed by atoms with E-state index in [4.69, 9.17) is 10.2 Å². The van der Waals surface area contributed by atoms with Crippen LogP contribution in [0.25, 0.3) is 0 Å². The minimum atomic E-state index is -0.715. The predicted octanol–water partition coefficient (Wildman–Crippen LogP) is 1.79. The molecule has 3 N–H and O–H groups in total. The number of aromatic nitrogens is 1. The lowest BCUT2D eigenvalue weighted by molar-refractivity contribution is -0.124. The number of carbonyl (C=O) groups is 1. The molecule has 2 atom stereocenters. The first-order chi connectivity index (χ1) is 8.33. The number of nitrogens with two attached hydrogens (primary N) is 1. The smallest absolute Gasteiger partial charge is 0.255 e. The predicted molar refractivity (Wildman–Crippen MR) is 72.3 cm³/mol. The van der Waals surface area contributed by atoms with Gasteiger partial charge in [0.15, 0.2) is 0 Å². The van der Waals surface area contributed by atoms with Crippen molar-refractivity contribution in [2.75, 3.05) is 0 Å². The van der Waals surface area contributed by atoms with Crippen molar-refractivity contribution in [2.45, 2.75) is 56.2 Å². The lowest BCUT2D eigenvalue weighted by Crippen LogP contribution is -2.56. The van der Waals surface area contributed by atoms with E-state index in [9.17, 15) is 4.79 Å². The van der Waals surface area contributed by atoms with E-state index < -0.39 is 5.54 Å². The average molecular weight is 271 g/mol. The van der Waals surface area contributed by atoms with Crippen molar-refractivity contribution in [2.24, 2.45) is 5.73 Å². The van der Waals surface area contributed by atoms with Gasteiger partial charge in [0.05, 0.1) is 11.7 Å². The third-order valence-electron chi connectivity index (χ3n) is 2.56. The molecule has 1 aromatic heterocycles. The molecule has 6 heteroatoms. The van der Waals surface area contributed by atoms with Crippen LogP contribution in [0.4, 0.5) is 0 Å². The first-order valence-corrected chi connectivity index (χ1v) is 6.85.